The van der Waals surface area contributed by atoms with Gasteiger partial charge in [-0.3, -0.25) is 14.8 Å². The van der Waals surface area contributed by atoms with Gasteiger partial charge in [0.25, 0.3) is 5.91 Å². The molecule has 0 aromatic carbocycles. The molecule has 34 heavy (non-hydrogen) atoms. The fourth-order valence-electron chi connectivity index (χ4n) is 5.28. The summed E-state index contributed by atoms with van der Waals surface area (Å²) in [5.41, 5.74) is -1.23. The van der Waals surface area contributed by atoms with Gasteiger partial charge in [-0.2, -0.15) is 5.10 Å². The average Bonchev–Trinajstić information content (AvgIpc) is 3.39. The van der Waals surface area contributed by atoms with Crippen LogP contribution in [0.15, 0.2) is 12.3 Å². The summed E-state index contributed by atoms with van der Waals surface area (Å²) in [7, 11) is 0. The van der Waals surface area contributed by atoms with Gasteiger partial charge in [0.15, 0.2) is 17.3 Å². The number of nitrogens with zero attached hydrogens (tertiary/aromatic N) is 5. The molecule has 2 saturated heterocycles. The summed E-state index contributed by atoms with van der Waals surface area (Å²) in [5.74, 6) is -2.87. The van der Waals surface area contributed by atoms with E-state index in [2.05, 4.69) is 25.4 Å². The van der Waals surface area contributed by atoms with E-state index in [0.29, 0.717) is 29.9 Å². The molecule has 2 fully saturated rings. The summed E-state index contributed by atoms with van der Waals surface area (Å²) in [6.45, 7) is 6.25. The van der Waals surface area contributed by atoms with Crippen LogP contribution in [0.1, 0.15) is 48.4 Å². The summed E-state index contributed by atoms with van der Waals surface area (Å²) >= 11 is 0. The Morgan fingerprint density at radius 2 is 2.12 bits per heavy atom. The first-order valence-electron chi connectivity index (χ1n) is 11.4. The van der Waals surface area contributed by atoms with Gasteiger partial charge in [0.05, 0.1) is 25.0 Å². The Morgan fingerprint density at radius 1 is 1.32 bits per heavy atom. The van der Waals surface area contributed by atoms with Gasteiger partial charge in [0, 0.05) is 36.8 Å². The first kappa shape index (κ1) is 22.7. The normalized spacial score (nSPS) is 26.9. The second kappa shape index (κ2) is 8.27. The van der Waals surface area contributed by atoms with Gasteiger partial charge >= 0.3 is 6.03 Å². The van der Waals surface area contributed by atoms with Crippen molar-refractivity contribution in [2.45, 2.75) is 50.9 Å². The first-order valence-corrected chi connectivity index (χ1v) is 11.4. The molecule has 10 nitrogen and oxygen atoms in total. The Kier molecular flexibility index (Phi) is 5.52. The Labute approximate surface area is 194 Å². The van der Waals surface area contributed by atoms with Crippen molar-refractivity contribution in [1.29, 1.82) is 0 Å². The molecule has 3 amide bonds. The van der Waals surface area contributed by atoms with Crippen LogP contribution in [0.2, 0.25) is 0 Å². The van der Waals surface area contributed by atoms with Gasteiger partial charge in [-0.25, -0.2) is 18.6 Å². The summed E-state index contributed by atoms with van der Waals surface area (Å²) in [6, 6.07) is 0.764. The minimum atomic E-state index is -1.43. The van der Waals surface area contributed by atoms with Gasteiger partial charge in [-0.1, -0.05) is 0 Å². The van der Waals surface area contributed by atoms with E-state index in [1.807, 2.05) is 11.8 Å². The predicted octanol–water partition coefficient (Wildman–Crippen LogP) is 1.65. The third-order valence-corrected chi connectivity index (χ3v) is 6.96. The zero-order valence-electron chi connectivity index (χ0n) is 19.0. The predicted molar refractivity (Wildman–Crippen MR) is 117 cm³/mol. The summed E-state index contributed by atoms with van der Waals surface area (Å²) < 4.78 is 27.1. The molecule has 3 aliphatic heterocycles. The minimum absolute atomic E-state index is 0.0317. The van der Waals surface area contributed by atoms with E-state index in [0.717, 1.165) is 32.1 Å². The third-order valence-electron chi connectivity index (χ3n) is 6.96. The Bertz CT molecular complexity index is 1140. The van der Waals surface area contributed by atoms with Gasteiger partial charge in [0.2, 0.25) is 0 Å². The molecule has 3 N–H and O–H groups in total. The quantitative estimate of drug-likeness (QED) is 0.608. The number of aromatic nitrogens is 3. The topological polar surface area (TPSA) is 118 Å². The zero-order chi connectivity index (χ0) is 24.2. The molecule has 5 heterocycles. The molecule has 3 aliphatic rings. The number of β-amino-alcohol motifs (C(OH)–C–C–N with tert-alkyl or cyclic N) is 1. The maximum atomic E-state index is 14.0. The van der Waals surface area contributed by atoms with E-state index in [9.17, 15) is 23.5 Å². The van der Waals surface area contributed by atoms with Crippen LogP contribution in [0, 0.1) is 11.6 Å². The lowest BCUT2D eigenvalue weighted by Gasteiger charge is -2.46. The van der Waals surface area contributed by atoms with Gasteiger partial charge in [-0.05, 0) is 33.2 Å². The minimum Gasteiger partial charge on any atom is -0.382 e. The number of fused-ring (bicyclic) bond motifs is 2. The van der Waals surface area contributed by atoms with E-state index in [4.69, 9.17) is 0 Å². The second-order valence-electron chi connectivity index (χ2n) is 9.57. The van der Waals surface area contributed by atoms with Crippen molar-refractivity contribution >= 4 is 17.8 Å². The fraction of sp³-hybridized carbons (Fsp3) is 0.545. The number of rotatable bonds is 2. The maximum Gasteiger partial charge on any atom is 0.320 e. The number of urea groups is 1. The fourth-order valence-corrected chi connectivity index (χ4v) is 5.28. The van der Waals surface area contributed by atoms with E-state index in [1.54, 1.807) is 11.8 Å². The number of pyridine rings is 1. The number of amides is 3. The third kappa shape index (κ3) is 3.90. The van der Waals surface area contributed by atoms with Crippen molar-refractivity contribution in [2.75, 3.05) is 31.5 Å². The lowest BCUT2D eigenvalue weighted by Crippen LogP contribution is -2.61. The number of hydrogen-bond donors (Lipinski definition) is 3. The highest BCUT2D eigenvalue weighted by Gasteiger charge is 2.43. The van der Waals surface area contributed by atoms with Crippen LogP contribution in [-0.2, 0) is 12.1 Å². The second-order valence-corrected chi connectivity index (χ2v) is 9.57. The molecule has 1 unspecified atom stereocenters. The molecule has 2 aromatic rings. The van der Waals surface area contributed by atoms with E-state index >= 15 is 0 Å². The van der Waals surface area contributed by atoms with Crippen LogP contribution >= 0.6 is 0 Å². The summed E-state index contributed by atoms with van der Waals surface area (Å²) in [5, 5.41) is 20.3. The Hall–Kier alpha value is -3.12. The molecular formula is C22H27F2N7O3. The smallest absolute Gasteiger partial charge is 0.320 e. The van der Waals surface area contributed by atoms with Crippen LogP contribution in [-0.4, -0.2) is 85.2 Å². The molecule has 182 valence electrons. The molecule has 0 aliphatic carbocycles. The van der Waals surface area contributed by atoms with Crippen molar-refractivity contribution in [1.82, 2.24) is 29.9 Å². The average molecular weight is 476 g/mol. The Balaban J connectivity index is 1.37. The number of aromatic amines is 1. The Morgan fingerprint density at radius 3 is 2.88 bits per heavy atom. The van der Waals surface area contributed by atoms with Gasteiger partial charge in [0.1, 0.15) is 11.4 Å². The van der Waals surface area contributed by atoms with Crippen molar-refractivity contribution in [3.05, 3.63) is 40.8 Å². The van der Waals surface area contributed by atoms with Crippen LogP contribution in [0.4, 0.5) is 19.4 Å². The van der Waals surface area contributed by atoms with Crippen LogP contribution in [0.3, 0.4) is 0 Å². The van der Waals surface area contributed by atoms with Crippen molar-refractivity contribution < 1.29 is 23.5 Å². The number of piperazine rings is 1. The molecule has 3 atom stereocenters. The lowest BCUT2D eigenvalue weighted by molar-refractivity contribution is -0.00497. The molecule has 5 rings (SSSR count). The van der Waals surface area contributed by atoms with Crippen LogP contribution < -0.4 is 5.32 Å². The number of carbonyl (C=O) groups is 2. The van der Waals surface area contributed by atoms with Crippen LogP contribution in [0.5, 0.6) is 0 Å². The van der Waals surface area contributed by atoms with Gasteiger partial charge in [-0.15, -0.1) is 0 Å². The highest BCUT2D eigenvalue weighted by atomic mass is 19.1. The number of anilines is 1. The van der Waals surface area contributed by atoms with E-state index in [1.165, 1.54) is 0 Å². The van der Waals surface area contributed by atoms with Crippen molar-refractivity contribution in [3.8, 4) is 0 Å². The number of nitrogens with one attached hydrogen (secondary N) is 2. The SMILES string of the molecule is C[C@H]1CN2CCC[C@H]2CN1C(=O)N1Cc2c(NC(=O)c3ncc(F)cc3F)n[nH]c2C(C)(O)C1. The molecular weight excluding hydrogens is 448 g/mol. The highest BCUT2D eigenvalue weighted by Crippen LogP contribution is 2.35. The first-order chi connectivity index (χ1) is 16.1. The monoisotopic (exact) mass is 475 g/mol. The van der Waals surface area contributed by atoms with E-state index < -0.39 is 28.8 Å². The largest absolute Gasteiger partial charge is 0.382 e. The molecule has 0 bridgehead atoms. The molecule has 2 aromatic heterocycles. The van der Waals surface area contributed by atoms with E-state index in [-0.39, 0.29) is 31.0 Å². The molecule has 12 heteroatoms. The number of halogens is 2. The number of hydrogen-bond acceptors (Lipinski definition) is 6. The van der Waals surface area contributed by atoms with Crippen LogP contribution in [0.25, 0.3) is 0 Å². The van der Waals surface area contributed by atoms with Crippen molar-refractivity contribution in [3.63, 3.8) is 0 Å². The zero-order valence-corrected chi connectivity index (χ0v) is 19.0. The van der Waals surface area contributed by atoms with Gasteiger partial charge < -0.3 is 20.2 Å². The highest BCUT2D eigenvalue weighted by molar-refractivity contribution is 6.03. The maximum absolute atomic E-state index is 14.0. The number of aliphatic hydroxyl groups is 1. The molecule has 0 spiro atoms. The molecule has 0 saturated carbocycles. The summed E-state index contributed by atoms with van der Waals surface area (Å²) in [4.78, 5) is 35.4. The molecule has 0 radical (unpaired) electrons. The van der Waals surface area contributed by atoms with Crippen molar-refractivity contribution in [2.24, 2.45) is 0 Å². The number of H-pyrrole nitrogens is 1. The summed E-state index contributed by atoms with van der Waals surface area (Å²) in [6.07, 6.45) is 2.93. The standard InChI is InChI=1S/C22H27F2N7O3/c1-12-8-29-5-3-4-14(29)9-31(12)21(33)30-10-15-18(22(2,34)11-30)27-28-19(15)26-20(32)17-16(24)6-13(23)7-25-17/h6-7,12,14,34H,3-5,8-11H2,1-2H3,(H2,26,27,28,32)/t12-,14-,22?/m0/s1. The number of carbonyl (C=O) groups excluding carboxylic acids is 2. The lowest BCUT2D eigenvalue weighted by atomic mass is 9.93.